The average Bonchev–Trinajstić information content (AvgIpc) is 2.99. The smallest absolute Gasteiger partial charge is 0.351 e. The molecular formula is C15H16F3N5. The Kier molecular flexibility index (Phi) is 4.14. The number of aryl methyl sites for hydroxylation is 1. The van der Waals surface area contributed by atoms with Gasteiger partial charge in [-0.1, -0.05) is 18.9 Å². The molecule has 23 heavy (non-hydrogen) atoms. The molecule has 122 valence electrons. The number of nitrogens with zero attached hydrogens (tertiary/aromatic N) is 4. The molecule has 1 aliphatic carbocycles. The first-order chi connectivity index (χ1) is 10.9. The molecule has 2 aromatic rings. The summed E-state index contributed by atoms with van der Waals surface area (Å²) >= 11 is 0. The molecule has 0 radical (unpaired) electrons. The van der Waals surface area contributed by atoms with Gasteiger partial charge in [-0.25, -0.2) is 9.97 Å². The number of aromatic nitrogens is 4. The first kappa shape index (κ1) is 15.6. The van der Waals surface area contributed by atoms with Crippen LogP contribution >= 0.6 is 0 Å². The standard InChI is InChI=1S/C15H16F3N5/c1-9-19-13(11-7-4-8-12(22-11)15(16,17)18)23-14(20-9)21-10-5-2-3-6-10/h4,7-8,10H,2-3,5-6H2,1H3,(H,19,20,21,23). The maximum Gasteiger partial charge on any atom is 0.433 e. The van der Waals surface area contributed by atoms with Gasteiger partial charge in [0.05, 0.1) is 0 Å². The fourth-order valence-corrected chi connectivity index (χ4v) is 2.63. The summed E-state index contributed by atoms with van der Waals surface area (Å²) in [6.07, 6.45) is -0.0969. The van der Waals surface area contributed by atoms with Crippen LogP contribution in [0.2, 0.25) is 0 Å². The third kappa shape index (κ3) is 3.75. The molecule has 3 rings (SSSR count). The van der Waals surface area contributed by atoms with Crippen LogP contribution in [-0.2, 0) is 6.18 Å². The van der Waals surface area contributed by atoms with Crippen molar-refractivity contribution in [1.29, 1.82) is 0 Å². The molecule has 2 aromatic heterocycles. The SMILES string of the molecule is Cc1nc(NC2CCCC2)nc(-c2cccc(C(F)(F)F)n2)n1. The van der Waals surface area contributed by atoms with Gasteiger partial charge in [0.25, 0.3) is 0 Å². The molecule has 0 amide bonds. The molecule has 5 nitrogen and oxygen atoms in total. The van der Waals surface area contributed by atoms with Gasteiger partial charge in [0, 0.05) is 6.04 Å². The van der Waals surface area contributed by atoms with E-state index in [1.807, 2.05) is 0 Å². The Balaban J connectivity index is 1.91. The first-order valence-electron chi connectivity index (χ1n) is 7.45. The molecular weight excluding hydrogens is 307 g/mol. The lowest BCUT2D eigenvalue weighted by Crippen LogP contribution is -2.18. The van der Waals surface area contributed by atoms with Crippen LogP contribution in [0.4, 0.5) is 19.1 Å². The summed E-state index contributed by atoms with van der Waals surface area (Å²) in [5, 5.41) is 3.22. The van der Waals surface area contributed by atoms with Gasteiger partial charge in [-0.05, 0) is 31.9 Å². The molecule has 0 spiro atoms. The highest BCUT2D eigenvalue weighted by atomic mass is 19.4. The van der Waals surface area contributed by atoms with Gasteiger partial charge >= 0.3 is 6.18 Å². The highest BCUT2D eigenvalue weighted by Crippen LogP contribution is 2.29. The number of nitrogens with one attached hydrogen (secondary N) is 1. The minimum atomic E-state index is -4.50. The molecule has 8 heteroatoms. The molecule has 0 atom stereocenters. The predicted octanol–water partition coefficient (Wildman–Crippen LogP) is 3.62. The largest absolute Gasteiger partial charge is 0.433 e. The minimum absolute atomic E-state index is 0.0831. The lowest BCUT2D eigenvalue weighted by atomic mass is 10.2. The van der Waals surface area contributed by atoms with Crippen molar-refractivity contribution in [3.8, 4) is 11.5 Å². The van der Waals surface area contributed by atoms with E-state index in [0.717, 1.165) is 31.7 Å². The number of pyridine rings is 1. The fraction of sp³-hybridized carbons (Fsp3) is 0.467. The van der Waals surface area contributed by atoms with Crippen LogP contribution in [0, 0.1) is 6.92 Å². The molecule has 1 N–H and O–H groups in total. The zero-order chi connectivity index (χ0) is 16.4. The number of anilines is 1. The summed E-state index contributed by atoms with van der Waals surface area (Å²) in [5.74, 6) is 0.970. The second-order valence-electron chi connectivity index (χ2n) is 5.56. The Labute approximate surface area is 131 Å². The van der Waals surface area contributed by atoms with Gasteiger partial charge in [-0.3, -0.25) is 0 Å². The summed E-state index contributed by atoms with van der Waals surface area (Å²) in [5.41, 5.74) is -0.877. The van der Waals surface area contributed by atoms with Crippen LogP contribution in [0.3, 0.4) is 0 Å². The predicted molar refractivity (Wildman–Crippen MR) is 78.7 cm³/mol. The summed E-state index contributed by atoms with van der Waals surface area (Å²) in [4.78, 5) is 16.2. The molecule has 1 saturated carbocycles. The van der Waals surface area contributed by atoms with E-state index >= 15 is 0 Å². The molecule has 0 saturated heterocycles. The van der Waals surface area contributed by atoms with Crippen molar-refractivity contribution in [2.24, 2.45) is 0 Å². The Morgan fingerprint density at radius 1 is 1.04 bits per heavy atom. The summed E-state index contributed by atoms with van der Waals surface area (Å²) in [6.45, 7) is 1.68. The van der Waals surface area contributed by atoms with Crippen molar-refractivity contribution in [2.45, 2.75) is 44.8 Å². The van der Waals surface area contributed by atoms with E-state index in [2.05, 4.69) is 25.3 Å². The maximum atomic E-state index is 12.8. The van der Waals surface area contributed by atoms with Crippen molar-refractivity contribution >= 4 is 5.95 Å². The molecule has 2 heterocycles. The van der Waals surface area contributed by atoms with E-state index in [-0.39, 0.29) is 11.5 Å². The molecule has 1 aliphatic rings. The third-order valence-electron chi connectivity index (χ3n) is 3.70. The summed E-state index contributed by atoms with van der Waals surface area (Å²) < 4.78 is 38.4. The van der Waals surface area contributed by atoms with Crippen molar-refractivity contribution in [2.75, 3.05) is 5.32 Å². The maximum absolute atomic E-state index is 12.8. The molecule has 0 aromatic carbocycles. The van der Waals surface area contributed by atoms with E-state index < -0.39 is 11.9 Å². The Hall–Kier alpha value is -2.25. The van der Waals surface area contributed by atoms with E-state index in [1.54, 1.807) is 6.92 Å². The van der Waals surface area contributed by atoms with Gasteiger partial charge < -0.3 is 5.32 Å². The van der Waals surface area contributed by atoms with Crippen molar-refractivity contribution in [3.05, 3.63) is 29.7 Å². The van der Waals surface area contributed by atoms with E-state index in [9.17, 15) is 13.2 Å². The van der Waals surface area contributed by atoms with Gasteiger partial charge in [-0.15, -0.1) is 0 Å². The zero-order valence-corrected chi connectivity index (χ0v) is 12.6. The van der Waals surface area contributed by atoms with Crippen LogP contribution in [-0.4, -0.2) is 26.0 Å². The van der Waals surface area contributed by atoms with Gasteiger partial charge in [-0.2, -0.15) is 23.1 Å². The number of hydrogen-bond donors (Lipinski definition) is 1. The Bertz CT molecular complexity index is 696. The molecule has 0 unspecified atom stereocenters. The quantitative estimate of drug-likeness (QED) is 0.935. The lowest BCUT2D eigenvalue weighted by molar-refractivity contribution is -0.141. The average molecular weight is 323 g/mol. The van der Waals surface area contributed by atoms with E-state index in [1.165, 1.54) is 12.1 Å². The molecule has 0 bridgehead atoms. The number of rotatable bonds is 3. The van der Waals surface area contributed by atoms with Crippen molar-refractivity contribution < 1.29 is 13.2 Å². The normalized spacial score (nSPS) is 15.8. The zero-order valence-electron chi connectivity index (χ0n) is 12.6. The van der Waals surface area contributed by atoms with Crippen molar-refractivity contribution in [1.82, 2.24) is 19.9 Å². The Morgan fingerprint density at radius 2 is 1.78 bits per heavy atom. The topological polar surface area (TPSA) is 63.6 Å². The van der Waals surface area contributed by atoms with Crippen LogP contribution in [0.1, 0.15) is 37.2 Å². The van der Waals surface area contributed by atoms with Crippen molar-refractivity contribution in [3.63, 3.8) is 0 Å². The van der Waals surface area contributed by atoms with Gasteiger partial charge in [0.1, 0.15) is 17.2 Å². The monoisotopic (exact) mass is 323 g/mol. The number of alkyl halides is 3. The second-order valence-corrected chi connectivity index (χ2v) is 5.56. The van der Waals surface area contributed by atoms with Crippen LogP contribution in [0.15, 0.2) is 18.2 Å². The molecule has 0 aliphatic heterocycles. The first-order valence-corrected chi connectivity index (χ1v) is 7.45. The Morgan fingerprint density at radius 3 is 2.48 bits per heavy atom. The fourth-order valence-electron chi connectivity index (χ4n) is 2.63. The summed E-state index contributed by atoms with van der Waals surface area (Å²) in [7, 11) is 0. The van der Waals surface area contributed by atoms with Crippen LogP contribution in [0.25, 0.3) is 11.5 Å². The van der Waals surface area contributed by atoms with Gasteiger partial charge in [0.2, 0.25) is 5.95 Å². The number of hydrogen-bond acceptors (Lipinski definition) is 5. The third-order valence-corrected chi connectivity index (χ3v) is 3.70. The summed E-state index contributed by atoms with van der Waals surface area (Å²) in [6, 6.07) is 3.99. The molecule has 1 fully saturated rings. The van der Waals surface area contributed by atoms with E-state index in [0.29, 0.717) is 17.8 Å². The van der Waals surface area contributed by atoms with Gasteiger partial charge in [0.15, 0.2) is 5.82 Å². The van der Waals surface area contributed by atoms with Crippen LogP contribution in [0.5, 0.6) is 0 Å². The second kappa shape index (κ2) is 6.10. The highest BCUT2D eigenvalue weighted by Gasteiger charge is 2.32. The van der Waals surface area contributed by atoms with Crippen LogP contribution < -0.4 is 5.32 Å². The highest BCUT2D eigenvalue weighted by molar-refractivity contribution is 5.51. The lowest BCUT2D eigenvalue weighted by Gasteiger charge is -2.13. The van der Waals surface area contributed by atoms with E-state index in [4.69, 9.17) is 0 Å². The minimum Gasteiger partial charge on any atom is -0.351 e. The number of halogens is 3.